The second kappa shape index (κ2) is 8.09. The van der Waals surface area contributed by atoms with E-state index in [0.717, 1.165) is 16.8 Å². The zero-order chi connectivity index (χ0) is 15.7. The number of nitrogens with one attached hydrogen (secondary N) is 1. The molecule has 2 rings (SSSR count). The van der Waals surface area contributed by atoms with Crippen LogP contribution in [0.5, 0.6) is 5.75 Å². The van der Waals surface area contributed by atoms with Crippen molar-refractivity contribution in [2.75, 3.05) is 7.11 Å². The molecule has 0 aliphatic carbocycles. The average molecular weight is 299 g/mol. The molecule has 0 heterocycles. The van der Waals surface area contributed by atoms with Gasteiger partial charge in [0.2, 0.25) is 11.0 Å². The van der Waals surface area contributed by atoms with Crippen molar-refractivity contribution in [1.29, 1.82) is 0 Å². The molecule has 2 nitrogen and oxygen atoms in total. The molecule has 0 fully saturated rings. The first kappa shape index (κ1) is 16.7. The fourth-order valence-corrected chi connectivity index (χ4v) is 1.43. The third kappa shape index (κ3) is 8.46. The van der Waals surface area contributed by atoms with Gasteiger partial charge in [0.25, 0.3) is 0 Å². The van der Waals surface area contributed by atoms with Gasteiger partial charge in [-0.1, -0.05) is 24.3 Å². The summed E-state index contributed by atoms with van der Waals surface area (Å²) in [5.74, 6) is 0.865. The van der Waals surface area contributed by atoms with Crippen molar-refractivity contribution in [3.63, 3.8) is 0 Å². The van der Waals surface area contributed by atoms with Crippen LogP contribution in [0.1, 0.15) is 0 Å². The molecule has 2 aromatic carbocycles. The van der Waals surface area contributed by atoms with Crippen LogP contribution in [-0.2, 0) is 0 Å². The normalized spacial score (nSPS) is 10.1. The molecule has 0 saturated heterocycles. The molecule has 0 spiro atoms. The number of benzene rings is 1. The molecule has 0 aliphatic heterocycles. The molecule has 0 bridgehead atoms. The Morgan fingerprint density at radius 3 is 1.71 bits per heavy atom. The Bertz CT molecular complexity index is 586. The summed E-state index contributed by atoms with van der Waals surface area (Å²) in [6.45, 7) is 0. The van der Waals surface area contributed by atoms with Crippen molar-refractivity contribution in [2.45, 2.75) is 0 Å². The van der Waals surface area contributed by atoms with Gasteiger partial charge in [0.05, 0.1) is 7.11 Å². The highest BCUT2D eigenvalue weighted by Crippen LogP contribution is 2.10. The Hall–Kier alpha value is -2.31. The number of hydrogen-bond acceptors (Lipinski definition) is 1. The lowest BCUT2D eigenvalue weighted by Gasteiger charge is -1.95. The molecule has 1 N–H and O–H groups in total. The molecule has 0 radical (unpaired) electrons. The molecule has 21 heavy (non-hydrogen) atoms. The summed E-state index contributed by atoms with van der Waals surface area (Å²) in [6.07, 6.45) is 0. The van der Waals surface area contributed by atoms with Crippen LogP contribution in [0.25, 0.3) is 0 Å². The predicted molar refractivity (Wildman–Crippen MR) is 73.4 cm³/mol. The van der Waals surface area contributed by atoms with Crippen LogP contribution in [0, 0.1) is 0 Å². The largest absolute Gasteiger partial charge is 0.673 e. The van der Waals surface area contributed by atoms with Crippen LogP contribution < -0.4 is 15.1 Å². The van der Waals surface area contributed by atoms with Gasteiger partial charge in [-0.25, -0.2) is 4.99 Å². The Morgan fingerprint density at radius 1 is 0.810 bits per heavy atom. The van der Waals surface area contributed by atoms with Gasteiger partial charge in [-0.05, 0) is 12.1 Å². The second-order valence-corrected chi connectivity index (χ2v) is 3.91. The van der Waals surface area contributed by atoms with Crippen LogP contribution in [0.3, 0.4) is 0 Å². The number of ether oxygens (including phenoxy) is 1. The fraction of sp³-hybridized carbons (Fsp3) is 0.0714. The molecule has 0 unspecified atom stereocenters. The van der Waals surface area contributed by atoms with Crippen LogP contribution in [0.15, 0.2) is 60.7 Å². The molecule has 2 aromatic rings. The zero-order valence-corrected chi connectivity index (χ0v) is 11.3. The zero-order valence-electron chi connectivity index (χ0n) is 11.3. The molecular weight excluding hydrogens is 285 g/mol. The van der Waals surface area contributed by atoms with Crippen LogP contribution >= 0.6 is 0 Å². The fourth-order valence-electron chi connectivity index (χ4n) is 1.43. The number of methoxy groups -OCH3 is 1. The first-order valence-electron chi connectivity index (χ1n) is 6.05. The highest BCUT2D eigenvalue weighted by molar-refractivity contribution is 6.50. The predicted octanol–water partition coefficient (Wildman–Crippen LogP) is 2.31. The smallest absolute Gasteiger partial charge is 0.497 e. The quantitative estimate of drug-likeness (QED) is 0.667. The first-order valence-corrected chi connectivity index (χ1v) is 6.05. The maximum atomic E-state index is 9.75. The molecule has 0 atom stereocenters. The summed E-state index contributed by atoms with van der Waals surface area (Å²) in [6, 6.07) is 19.9. The lowest BCUT2D eigenvalue weighted by Crippen LogP contribution is -2.69. The molecular formula is C14H14BF4NO. The lowest BCUT2D eigenvalue weighted by molar-refractivity contribution is -0.402. The van der Waals surface area contributed by atoms with Crippen molar-refractivity contribution in [3.05, 3.63) is 66.0 Å². The van der Waals surface area contributed by atoms with Gasteiger partial charge >= 0.3 is 7.25 Å². The van der Waals surface area contributed by atoms with Crippen molar-refractivity contribution in [1.82, 2.24) is 0 Å². The van der Waals surface area contributed by atoms with E-state index in [4.69, 9.17) is 4.74 Å². The summed E-state index contributed by atoms with van der Waals surface area (Å²) in [5.41, 5.74) is 1.05. The lowest BCUT2D eigenvalue weighted by atomic mass is 10.3. The SMILES string of the molecule is COc1ccc([NH+]=c2cccccc2)cc1.F[B-](F)(F)F. The summed E-state index contributed by atoms with van der Waals surface area (Å²) in [5, 5.41) is 1.06. The van der Waals surface area contributed by atoms with Crippen LogP contribution in [0.4, 0.5) is 23.0 Å². The van der Waals surface area contributed by atoms with E-state index in [2.05, 4.69) is 4.99 Å². The van der Waals surface area contributed by atoms with E-state index >= 15 is 0 Å². The minimum Gasteiger partial charge on any atom is -0.497 e. The van der Waals surface area contributed by atoms with Gasteiger partial charge in [-0.3, -0.25) is 0 Å². The molecule has 0 aromatic heterocycles. The van der Waals surface area contributed by atoms with Crippen LogP contribution in [-0.4, -0.2) is 14.4 Å². The van der Waals surface area contributed by atoms with Crippen molar-refractivity contribution >= 4 is 12.9 Å². The van der Waals surface area contributed by atoms with Crippen molar-refractivity contribution in [2.24, 2.45) is 0 Å². The van der Waals surface area contributed by atoms with Gasteiger partial charge < -0.3 is 22.0 Å². The van der Waals surface area contributed by atoms with E-state index in [1.807, 2.05) is 60.7 Å². The maximum Gasteiger partial charge on any atom is 0.673 e. The van der Waals surface area contributed by atoms with Gasteiger partial charge in [0.1, 0.15) is 5.75 Å². The monoisotopic (exact) mass is 299 g/mol. The van der Waals surface area contributed by atoms with E-state index in [1.165, 1.54) is 0 Å². The standard InChI is InChI=1S/C14H13NO.BF4/c1-16-14-10-8-13(9-11-14)15-12-6-4-2-3-5-7-12;2-1(3,4)5/h2-11H,1H3;/q;-1/p+1. The Balaban J connectivity index is 0.000000383. The van der Waals surface area contributed by atoms with E-state index in [-0.39, 0.29) is 0 Å². The molecule has 112 valence electrons. The summed E-state index contributed by atoms with van der Waals surface area (Å²) in [4.78, 5) is 3.32. The van der Waals surface area contributed by atoms with Gasteiger partial charge in [0.15, 0.2) is 0 Å². The number of halogens is 4. The van der Waals surface area contributed by atoms with Crippen molar-refractivity contribution < 1.29 is 27.0 Å². The maximum absolute atomic E-state index is 9.75. The highest BCUT2D eigenvalue weighted by atomic mass is 19.5. The van der Waals surface area contributed by atoms with E-state index in [9.17, 15) is 17.3 Å². The van der Waals surface area contributed by atoms with Crippen molar-refractivity contribution in [3.8, 4) is 5.75 Å². The molecule has 0 aliphatic rings. The summed E-state index contributed by atoms with van der Waals surface area (Å²) < 4.78 is 44.1. The van der Waals surface area contributed by atoms with Gasteiger partial charge in [0, 0.05) is 24.3 Å². The highest BCUT2D eigenvalue weighted by Gasteiger charge is 2.20. The molecule has 7 heteroatoms. The minimum absolute atomic E-state index is 0.865. The summed E-state index contributed by atoms with van der Waals surface area (Å²) >= 11 is 0. The third-order valence-electron chi connectivity index (χ3n) is 2.26. The number of hydrogen-bond donors (Lipinski definition) is 1. The number of rotatable bonds is 2. The average Bonchev–Trinajstić information content (AvgIpc) is 2.66. The molecule has 0 saturated carbocycles. The van der Waals surface area contributed by atoms with E-state index in [1.54, 1.807) is 7.11 Å². The Kier molecular flexibility index (Phi) is 6.45. The Morgan fingerprint density at radius 2 is 1.29 bits per heavy atom. The topological polar surface area (TPSA) is 23.2 Å². The Labute approximate surface area is 119 Å². The van der Waals surface area contributed by atoms with Crippen LogP contribution in [0.2, 0.25) is 0 Å². The molecule has 0 amide bonds. The van der Waals surface area contributed by atoms with Gasteiger partial charge in [-0.15, -0.1) is 0 Å². The summed E-state index contributed by atoms with van der Waals surface area (Å²) in [7, 11) is -4.33. The second-order valence-electron chi connectivity index (χ2n) is 3.91. The minimum atomic E-state index is -6.00. The first-order chi connectivity index (χ1) is 9.88. The third-order valence-corrected chi connectivity index (χ3v) is 2.26. The van der Waals surface area contributed by atoms with E-state index in [0.29, 0.717) is 0 Å². The van der Waals surface area contributed by atoms with Gasteiger partial charge in [-0.2, -0.15) is 0 Å². The van der Waals surface area contributed by atoms with E-state index < -0.39 is 7.25 Å².